The molecule has 1 aliphatic carbocycles. The SMILES string of the molecule is CNc1ccc(-c2cccs2)cc1NC(=O)c1ccc(S(=N)(=O)C2CC2)cc1. The third-order valence-electron chi connectivity index (χ3n) is 4.80. The number of thiophene rings is 1. The van der Waals surface area contributed by atoms with Crippen LogP contribution in [0.15, 0.2) is 64.9 Å². The highest BCUT2D eigenvalue weighted by molar-refractivity contribution is 7.93. The van der Waals surface area contributed by atoms with Gasteiger partial charge in [0.15, 0.2) is 0 Å². The average molecular weight is 412 g/mol. The summed E-state index contributed by atoms with van der Waals surface area (Å²) in [6, 6.07) is 16.5. The van der Waals surface area contributed by atoms with Gasteiger partial charge in [-0.1, -0.05) is 12.1 Å². The van der Waals surface area contributed by atoms with Crippen molar-refractivity contribution in [3.8, 4) is 10.4 Å². The molecule has 1 atom stereocenters. The number of hydrogen-bond acceptors (Lipinski definition) is 5. The zero-order valence-electron chi connectivity index (χ0n) is 15.4. The van der Waals surface area contributed by atoms with Gasteiger partial charge >= 0.3 is 0 Å². The van der Waals surface area contributed by atoms with Crippen LogP contribution >= 0.6 is 11.3 Å². The minimum absolute atomic E-state index is 0.0367. The number of benzene rings is 2. The Balaban J connectivity index is 1.57. The first kappa shape index (κ1) is 18.7. The van der Waals surface area contributed by atoms with Crippen LogP contribution in [0.2, 0.25) is 0 Å². The van der Waals surface area contributed by atoms with Gasteiger partial charge in [0.2, 0.25) is 0 Å². The molecule has 1 unspecified atom stereocenters. The molecule has 2 aromatic carbocycles. The van der Waals surface area contributed by atoms with Crippen molar-refractivity contribution in [3.63, 3.8) is 0 Å². The van der Waals surface area contributed by atoms with Gasteiger partial charge in [0.25, 0.3) is 5.91 Å². The molecule has 5 nitrogen and oxygen atoms in total. The van der Waals surface area contributed by atoms with Crippen LogP contribution in [0.1, 0.15) is 23.2 Å². The summed E-state index contributed by atoms with van der Waals surface area (Å²) in [7, 11) is -0.936. The maximum absolute atomic E-state index is 12.7. The maximum atomic E-state index is 12.7. The number of rotatable bonds is 6. The molecule has 1 aliphatic rings. The van der Waals surface area contributed by atoms with Crippen molar-refractivity contribution >= 4 is 38.3 Å². The number of nitrogens with one attached hydrogen (secondary N) is 3. The van der Waals surface area contributed by atoms with E-state index in [1.807, 2.05) is 42.8 Å². The Morgan fingerprint density at radius 2 is 1.86 bits per heavy atom. The van der Waals surface area contributed by atoms with Crippen LogP contribution in [0, 0.1) is 4.78 Å². The summed E-state index contributed by atoms with van der Waals surface area (Å²) >= 11 is 1.65. The molecular formula is C21H21N3O2S2. The lowest BCUT2D eigenvalue weighted by molar-refractivity contribution is 0.102. The van der Waals surface area contributed by atoms with Gasteiger partial charge < -0.3 is 10.6 Å². The summed E-state index contributed by atoms with van der Waals surface area (Å²) in [5.41, 5.74) is 3.04. The zero-order chi connectivity index (χ0) is 19.7. The summed E-state index contributed by atoms with van der Waals surface area (Å²) in [5.74, 6) is -0.241. The number of hydrogen-bond donors (Lipinski definition) is 3. The van der Waals surface area contributed by atoms with Gasteiger partial charge in [0.1, 0.15) is 0 Å². The van der Waals surface area contributed by atoms with Crippen LogP contribution < -0.4 is 10.6 Å². The second kappa shape index (κ2) is 7.41. The Morgan fingerprint density at radius 3 is 2.46 bits per heavy atom. The maximum Gasteiger partial charge on any atom is 0.255 e. The van der Waals surface area contributed by atoms with Gasteiger partial charge in [-0.05, 0) is 66.2 Å². The molecular weight excluding hydrogens is 390 g/mol. The molecule has 3 aromatic rings. The monoisotopic (exact) mass is 411 g/mol. The van der Waals surface area contributed by atoms with E-state index in [4.69, 9.17) is 4.78 Å². The predicted octanol–water partition coefficient (Wildman–Crippen LogP) is 5.28. The van der Waals surface area contributed by atoms with E-state index in [1.54, 1.807) is 35.6 Å². The molecule has 1 aromatic heterocycles. The third kappa shape index (κ3) is 3.68. The van der Waals surface area contributed by atoms with E-state index in [0.717, 1.165) is 29.0 Å². The predicted molar refractivity (Wildman–Crippen MR) is 116 cm³/mol. The van der Waals surface area contributed by atoms with Gasteiger partial charge in [-0.3, -0.25) is 4.79 Å². The lowest BCUT2D eigenvalue weighted by Crippen LogP contribution is -2.14. The van der Waals surface area contributed by atoms with Crippen LogP contribution in [0.5, 0.6) is 0 Å². The van der Waals surface area contributed by atoms with Crippen molar-refractivity contribution in [1.29, 1.82) is 4.78 Å². The number of carbonyl (C=O) groups is 1. The Labute approximate surface area is 168 Å². The number of anilines is 2. The summed E-state index contributed by atoms with van der Waals surface area (Å²) in [6.45, 7) is 0. The van der Waals surface area contributed by atoms with E-state index in [9.17, 15) is 9.00 Å². The molecule has 0 aliphatic heterocycles. The summed E-state index contributed by atoms with van der Waals surface area (Å²) in [6.07, 6.45) is 1.69. The van der Waals surface area contributed by atoms with Crippen LogP contribution in [0.3, 0.4) is 0 Å². The lowest BCUT2D eigenvalue weighted by Gasteiger charge is -2.13. The molecule has 3 N–H and O–H groups in total. The van der Waals surface area contributed by atoms with E-state index in [2.05, 4.69) is 10.6 Å². The molecule has 144 valence electrons. The van der Waals surface area contributed by atoms with E-state index >= 15 is 0 Å². The summed E-state index contributed by atoms with van der Waals surface area (Å²) in [4.78, 5) is 14.4. The van der Waals surface area contributed by atoms with Gasteiger partial charge in [-0.15, -0.1) is 11.3 Å². The fourth-order valence-electron chi connectivity index (χ4n) is 3.06. The molecule has 0 radical (unpaired) electrons. The second-order valence-electron chi connectivity index (χ2n) is 6.77. The fraction of sp³-hybridized carbons (Fsp3) is 0.190. The van der Waals surface area contributed by atoms with Crippen LogP contribution in [0.4, 0.5) is 11.4 Å². The first-order valence-corrected chi connectivity index (χ1v) is 11.5. The Bertz CT molecular complexity index is 1100. The highest BCUT2D eigenvalue weighted by Gasteiger charge is 2.33. The highest BCUT2D eigenvalue weighted by atomic mass is 32.2. The second-order valence-corrected chi connectivity index (χ2v) is 10.1. The van der Waals surface area contributed by atoms with E-state index < -0.39 is 9.73 Å². The quantitative estimate of drug-likeness (QED) is 0.516. The van der Waals surface area contributed by atoms with E-state index in [1.165, 1.54) is 0 Å². The average Bonchev–Trinajstić information content (AvgIpc) is 3.44. The number of amides is 1. The first-order valence-electron chi connectivity index (χ1n) is 9.04. The van der Waals surface area contributed by atoms with Gasteiger partial charge in [-0.25, -0.2) is 8.99 Å². The van der Waals surface area contributed by atoms with E-state index in [-0.39, 0.29) is 11.2 Å². The molecule has 1 heterocycles. The molecule has 1 amide bonds. The Morgan fingerprint density at radius 1 is 1.11 bits per heavy atom. The standard InChI is InChI=1S/C21H21N3O2S2/c1-23-18-11-6-15(20-3-2-12-27-20)13-19(18)24-21(25)14-4-7-16(8-5-14)28(22,26)17-9-10-17/h2-8,11-13,17,22-23H,9-10H2,1H3,(H,24,25). The lowest BCUT2D eigenvalue weighted by atomic mass is 10.1. The largest absolute Gasteiger partial charge is 0.386 e. The van der Waals surface area contributed by atoms with Crippen molar-refractivity contribution in [3.05, 3.63) is 65.5 Å². The van der Waals surface area contributed by atoms with Crippen molar-refractivity contribution in [1.82, 2.24) is 0 Å². The van der Waals surface area contributed by atoms with Crippen molar-refractivity contribution in [2.24, 2.45) is 0 Å². The van der Waals surface area contributed by atoms with Gasteiger partial charge in [0.05, 0.1) is 21.1 Å². The molecule has 28 heavy (non-hydrogen) atoms. The van der Waals surface area contributed by atoms with Crippen LogP contribution in [-0.2, 0) is 9.73 Å². The van der Waals surface area contributed by atoms with Crippen molar-refractivity contribution in [2.75, 3.05) is 17.7 Å². The Kier molecular flexibility index (Phi) is 4.95. The van der Waals surface area contributed by atoms with E-state index in [0.29, 0.717) is 16.1 Å². The third-order valence-corrected chi connectivity index (χ3v) is 8.10. The van der Waals surface area contributed by atoms with Crippen molar-refractivity contribution < 1.29 is 9.00 Å². The Hall–Kier alpha value is -2.64. The molecule has 0 bridgehead atoms. The smallest absolute Gasteiger partial charge is 0.255 e. The molecule has 0 saturated heterocycles. The van der Waals surface area contributed by atoms with Gasteiger partial charge in [-0.2, -0.15) is 0 Å². The molecule has 7 heteroatoms. The molecule has 0 spiro atoms. The molecule has 1 saturated carbocycles. The van der Waals surface area contributed by atoms with Gasteiger partial charge in [0, 0.05) is 27.6 Å². The van der Waals surface area contributed by atoms with Crippen LogP contribution in [0.25, 0.3) is 10.4 Å². The number of carbonyl (C=O) groups excluding carboxylic acids is 1. The topological polar surface area (TPSA) is 82.0 Å². The minimum Gasteiger partial charge on any atom is -0.386 e. The zero-order valence-corrected chi connectivity index (χ0v) is 17.0. The van der Waals surface area contributed by atoms with Crippen molar-refractivity contribution in [2.45, 2.75) is 23.0 Å². The highest BCUT2D eigenvalue weighted by Crippen LogP contribution is 2.34. The molecule has 1 fully saturated rings. The summed E-state index contributed by atoms with van der Waals surface area (Å²) in [5, 5.41) is 8.04. The first-order chi connectivity index (χ1) is 13.5. The molecule has 4 rings (SSSR count). The summed E-state index contributed by atoms with van der Waals surface area (Å²) < 4.78 is 20.6. The minimum atomic E-state index is -2.75. The normalized spacial score (nSPS) is 15.6. The fourth-order valence-corrected chi connectivity index (χ4v) is 5.51. The van der Waals surface area contributed by atoms with Crippen LogP contribution in [-0.4, -0.2) is 22.4 Å².